The van der Waals surface area contributed by atoms with Gasteiger partial charge in [0.2, 0.25) is 10.0 Å². The fraction of sp³-hybridized carbons (Fsp3) is 0.381. The molecule has 0 bridgehead atoms. The number of alkyl halides is 3. The number of hydrogen-bond acceptors (Lipinski definition) is 4. The average Bonchev–Trinajstić information content (AvgIpc) is 2.74. The Morgan fingerprint density at radius 1 is 1.03 bits per heavy atom. The molecular weight excluding hydrogens is 433 g/mol. The molecule has 4 rings (SSSR count). The third kappa shape index (κ3) is 3.89. The lowest BCUT2D eigenvalue weighted by Gasteiger charge is -2.40. The van der Waals surface area contributed by atoms with E-state index < -0.39 is 32.8 Å². The molecule has 6 nitrogen and oxygen atoms in total. The Labute approximate surface area is 178 Å². The number of benzene rings is 2. The Balaban J connectivity index is 1.57. The molecule has 10 heteroatoms. The minimum atomic E-state index is -4.78. The number of nitrogens with zero attached hydrogens (tertiary/aromatic N) is 2. The third-order valence-electron chi connectivity index (χ3n) is 5.71. The standard InChI is InChI=1S/C21H21F3N2O4S/c1-14-5-4-6-15-13-30-20(27)26(19(14)15)16-9-11-25(12-10-16)31(28,29)18-8-3-2-7-17(18)21(22,23)24/h2-8,16H,9-13H2,1H3. The summed E-state index contributed by atoms with van der Waals surface area (Å²) in [7, 11) is -4.33. The topological polar surface area (TPSA) is 66.9 Å². The van der Waals surface area contributed by atoms with E-state index in [4.69, 9.17) is 4.74 Å². The zero-order chi connectivity index (χ0) is 22.4. The molecule has 1 fully saturated rings. The van der Waals surface area contributed by atoms with Gasteiger partial charge in [0.05, 0.1) is 16.1 Å². The second kappa shape index (κ2) is 7.83. The molecule has 0 aliphatic carbocycles. The van der Waals surface area contributed by atoms with Crippen LogP contribution in [0.3, 0.4) is 0 Å². The van der Waals surface area contributed by atoms with Crippen molar-refractivity contribution in [1.29, 1.82) is 0 Å². The van der Waals surface area contributed by atoms with Gasteiger partial charge in [-0.15, -0.1) is 0 Å². The molecule has 0 saturated carbocycles. The van der Waals surface area contributed by atoms with E-state index in [0.717, 1.165) is 39.3 Å². The van der Waals surface area contributed by atoms with Crippen molar-refractivity contribution >= 4 is 21.8 Å². The van der Waals surface area contributed by atoms with E-state index in [1.807, 2.05) is 25.1 Å². The molecule has 2 heterocycles. The van der Waals surface area contributed by atoms with Crippen LogP contribution >= 0.6 is 0 Å². The molecule has 0 N–H and O–H groups in total. The van der Waals surface area contributed by atoms with E-state index in [2.05, 4.69) is 0 Å². The van der Waals surface area contributed by atoms with Gasteiger partial charge in [-0.05, 0) is 37.5 Å². The Kier molecular flexibility index (Phi) is 5.47. The highest BCUT2D eigenvalue weighted by Gasteiger charge is 2.41. The number of cyclic esters (lactones) is 1. The van der Waals surface area contributed by atoms with Crippen molar-refractivity contribution in [1.82, 2.24) is 4.31 Å². The van der Waals surface area contributed by atoms with Crippen molar-refractivity contribution in [2.75, 3.05) is 18.0 Å². The van der Waals surface area contributed by atoms with Gasteiger partial charge in [-0.3, -0.25) is 4.90 Å². The number of carbonyl (C=O) groups excluding carboxylic acids is 1. The minimum absolute atomic E-state index is 0.00415. The number of fused-ring (bicyclic) bond motifs is 1. The lowest BCUT2D eigenvalue weighted by atomic mass is 10.00. The number of hydrogen-bond donors (Lipinski definition) is 0. The van der Waals surface area contributed by atoms with E-state index in [-0.39, 0.29) is 38.6 Å². The summed E-state index contributed by atoms with van der Waals surface area (Å²) in [5.74, 6) is 0. The maximum absolute atomic E-state index is 13.3. The summed E-state index contributed by atoms with van der Waals surface area (Å²) >= 11 is 0. The maximum atomic E-state index is 13.3. The summed E-state index contributed by atoms with van der Waals surface area (Å²) in [6.07, 6.45) is -4.70. The van der Waals surface area contributed by atoms with Gasteiger partial charge in [-0.2, -0.15) is 17.5 Å². The van der Waals surface area contributed by atoms with Gasteiger partial charge in [0.1, 0.15) is 6.61 Å². The molecule has 0 radical (unpaired) electrons. The highest BCUT2D eigenvalue weighted by Crippen LogP contribution is 2.38. The smallest absolute Gasteiger partial charge is 0.417 e. The Hall–Kier alpha value is -2.59. The van der Waals surface area contributed by atoms with Crippen LogP contribution < -0.4 is 4.90 Å². The van der Waals surface area contributed by atoms with Gasteiger partial charge < -0.3 is 4.74 Å². The van der Waals surface area contributed by atoms with Gasteiger partial charge in [0.25, 0.3) is 0 Å². The summed E-state index contributed by atoms with van der Waals surface area (Å²) in [4.78, 5) is 13.3. The second-order valence-electron chi connectivity index (χ2n) is 7.64. The van der Waals surface area contributed by atoms with Gasteiger partial charge in [0, 0.05) is 24.7 Å². The molecule has 2 aromatic rings. The lowest BCUT2D eigenvalue weighted by Crippen LogP contribution is -2.50. The van der Waals surface area contributed by atoms with Crippen LogP contribution in [0.1, 0.15) is 29.5 Å². The van der Waals surface area contributed by atoms with Crippen LogP contribution in [0.5, 0.6) is 0 Å². The van der Waals surface area contributed by atoms with Crippen LogP contribution in [-0.2, 0) is 27.5 Å². The number of anilines is 1. The van der Waals surface area contributed by atoms with Gasteiger partial charge in [-0.25, -0.2) is 13.2 Å². The van der Waals surface area contributed by atoms with E-state index in [1.165, 1.54) is 6.07 Å². The number of sulfonamides is 1. The van der Waals surface area contributed by atoms with Crippen molar-refractivity contribution in [2.24, 2.45) is 0 Å². The van der Waals surface area contributed by atoms with Gasteiger partial charge in [-0.1, -0.05) is 30.3 Å². The summed E-state index contributed by atoms with van der Waals surface area (Å²) in [6, 6.07) is 9.51. The number of rotatable bonds is 3. The number of para-hydroxylation sites is 1. The first-order chi connectivity index (χ1) is 14.6. The fourth-order valence-corrected chi connectivity index (χ4v) is 5.90. The first-order valence-corrected chi connectivity index (χ1v) is 11.3. The van der Waals surface area contributed by atoms with Crippen molar-refractivity contribution < 1.29 is 31.1 Å². The third-order valence-corrected chi connectivity index (χ3v) is 7.67. The van der Waals surface area contributed by atoms with Crippen molar-refractivity contribution in [3.05, 3.63) is 59.2 Å². The van der Waals surface area contributed by atoms with E-state index in [1.54, 1.807) is 4.90 Å². The SMILES string of the molecule is Cc1cccc2c1N(C1CCN(S(=O)(=O)c3ccccc3C(F)(F)F)CC1)C(=O)OC2. The Morgan fingerprint density at radius 2 is 1.71 bits per heavy atom. The highest BCUT2D eigenvalue weighted by atomic mass is 32.2. The van der Waals surface area contributed by atoms with Crippen molar-refractivity contribution in [3.63, 3.8) is 0 Å². The molecule has 0 atom stereocenters. The first-order valence-electron chi connectivity index (χ1n) is 9.81. The molecule has 2 aliphatic heterocycles. The average molecular weight is 454 g/mol. The molecular formula is C21H21F3N2O4S. The number of ether oxygens (including phenoxy) is 1. The summed E-state index contributed by atoms with van der Waals surface area (Å²) in [6.45, 7) is 2.07. The maximum Gasteiger partial charge on any atom is 0.417 e. The molecule has 1 saturated heterocycles. The lowest BCUT2D eigenvalue weighted by molar-refractivity contribution is -0.139. The number of piperidine rings is 1. The van der Waals surface area contributed by atoms with E-state index in [9.17, 15) is 26.4 Å². The molecule has 1 amide bonds. The second-order valence-corrected chi connectivity index (χ2v) is 9.54. The monoisotopic (exact) mass is 454 g/mol. The van der Waals surface area contributed by atoms with Crippen molar-refractivity contribution in [3.8, 4) is 0 Å². The van der Waals surface area contributed by atoms with Crippen LogP contribution in [0.4, 0.5) is 23.7 Å². The normalized spacial score (nSPS) is 18.6. The van der Waals surface area contributed by atoms with Gasteiger partial charge >= 0.3 is 12.3 Å². The summed E-state index contributed by atoms with van der Waals surface area (Å²) < 4.78 is 72.3. The van der Waals surface area contributed by atoms with Crippen molar-refractivity contribution in [2.45, 2.75) is 43.5 Å². The van der Waals surface area contributed by atoms with E-state index >= 15 is 0 Å². The van der Waals surface area contributed by atoms with Crippen LogP contribution in [0.15, 0.2) is 47.4 Å². The van der Waals surface area contributed by atoms with Crippen LogP contribution in [-0.4, -0.2) is 37.9 Å². The van der Waals surface area contributed by atoms with Crippen LogP contribution in [0.25, 0.3) is 0 Å². The fourth-order valence-electron chi connectivity index (χ4n) is 4.22. The molecule has 166 valence electrons. The first kappa shape index (κ1) is 21.6. The Bertz CT molecular complexity index is 1110. The largest absolute Gasteiger partial charge is 0.444 e. The summed E-state index contributed by atoms with van der Waals surface area (Å²) in [5.41, 5.74) is 1.36. The quantitative estimate of drug-likeness (QED) is 0.693. The molecule has 0 aromatic heterocycles. The van der Waals surface area contributed by atoms with E-state index in [0.29, 0.717) is 0 Å². The number of carbonyl (C=O) groups is 1. The molecule has 31 heavy (non-hydrogen) atoms. The number of aryl methyl sites for hydroxylation is 1. The van der Waals surface area contributed by atoms with Gasteiger partial charge in [0.15, 0.2) is 0 Å². The predicted octanol–water partition coefficient (Wildman–Crippen LogP) is 4.32. The van der Waals surface area contributed by atoms with Crippen LogP contribution in [0, 0.1) is 6.92 Å². The van der Waals surface area contributed by atoms with Crippen LogP contribution in [0.2, 0.25) is 0 Å². The Morgan fingerprint density at radius 3 is 2.39 bits per heavy atom. The molecule has 2 aromatic carbocycles. The summed E-state index contributed by atoms with van der Waals surface area (Å²) in [5, 5.41) is 0. The molecule has 0 unspecified atom stereocenters. The number of halogens is 3. The zero-order valence-corrected chi connectivity index (χ0v) is 17.5. The zero-order valence-electron chi connectivity index (χ0n) is 16.7. The minimum Gasteiger partial charge on any atom is -0.444 e. The predicted molar refractivity (Wildman–Crippen MR) is 107 cm³/mol. The molecule has 2 aliphatic rings. The molecule has 0 spiro atoms. The number of amides is 1. The highest BCUT2D eigenvalue weighted by molar-refractivity contribution is 7.89.